The van der Waals surface area contributed by atoms with E-state index in [-0.39, 0.29) is 0 Å². The van der Waals surface area contributed by atoms with Gasteiger partial charge in [0.1, 0.15) is 0 Å². The van der Waals surface area contributed by atoms with Crippen LogP contribution < -0.4 is 5.73 Å². The average molecular weight is 344 g/mol. The van der Waals surface area contributed by atoms with E-state index in [2.05, 4.69) is 41.3 Å². The highest BCUT2D eigenvalue weighted by molar-refractivity contribution is 5.55. The molecule has 0 amide bonds. The largest absolute Gasteiger partial charge is 0.339 e. The highest BCUT2D eigenvalue weighted by Gasteiger charge is 2.08. The van der Waals surface area contributed by atoms with Crippen molar-refractivity contribution < 1.29 is 4.52 Å². The summed E-state index contributed by atoms with van der Waals surface area (Å²) in [5, 5.41) is 4.10. The Morgan fingerprint density at radius 3 is 2.44 bits per heavy atom. The van der Waals surface area contributed by atoms with Gasteiger partial charge < -0.3 is 10.3 Å². The summed E-state index contributed by atoms with van der Waals surface area (Å²) in [5.41, 5.74) is 7.92. The molecule has 0 aliphatic carbocycles. The number of aromatic nitrogens is 2. The van der Waals surface area contributed by atoms with E-state index in [0.29, 0.717) is 18.3 Å². The van der Waals surface area contributed by atoms with E-state index < -0.39 is 0 Å². The zero-order valence-corrected chi connectivity index (χ0v) is 15.7. The van der Waals surface area contributed by atoms with Crippen molar-refractivity contribution in [3.63, 3.8) is 0 Å². The Balaban J connectivity index is 1.74. The lowest BCUT2D eigenvalue weighted by Crippen LogP contribution is -2.00. The summed E-state index contributed by atoms with van der Waals surface area (Å²) in [6.07, 6.45) is 13.6. The Labute approximate surface area is 152 Å². The van der Waals surface area contributed by atoms with Gasteiger partial charge in [0.05, 0.1) is 0 Å². The third-order valence-electron chi connectivity index (χ3n) is 4.57. The first-order chi connectivity index (χ1) is 12.3. The van der Waals surface area contributed by atoms with E-state index in [0.717, 1.165) is 24.8 Å². The Morgan fingerprint density at radius 2 is 1.68 bits per heavy atom. The van der Waals surface area contributed by atoms with E-state index in [1.807, 2.05) is 0 Å². The molecular weight excluding hydrogens is 310 g/mol. The second-order valence-electron chi connectivity index (χ2n) is 6.83. The van der Waals surface area contributed by atoms with Crippen LogP contribution in [-0.2, 0) is 12.8 Å². The number of benzene rings is 1. The summed E-state index contributed by atoms with van der Waals surface area (Å²) >= 11 is 0. The number of unbranched alkanes of at least 4 members (excludes halogenated alkanes) is 7. The molecule has 0 unspecified atom stereocenters. The summed E-state index contributed by atoms with van der Waals surface area (Å²) in [5.74, 6) is 1.36. The second kappa shape index (κ2) is 11.8. The van der Waals surface area contributed by atoms with Gasteiger partial charge in [0.2, 0.25) is 11.7 Å². The normalized spacial score (nSPS) is 11.1. The zero-order valence-electron chi connectivity index (χ0n) is 15.7. The van der Waals surface area contributed by atoms with Gasteiger partial charge in [-0.2, -0.15) is 4.98 Å². The molecule has 0 radical (unpaired) electrons. The lowest BCUT2D eigenvalue weighted by molar-refractivity contribution is 0.376. The van der Waals surface area contributed by atoms with Gasteiger partial charge in [0.15, 0.2) is 0 Å². The van der Waals surface area contributed by atoms with Crippen LogP contribution in [0.1, 0.15) is 76.2 Å². The Bertz CT molecular complexity index is 594. The first-order valence-corrected chi connectivity index (χ1v) is 9.95. The third-order valence-corrected chi connectivity index (χ3v) is 4.57. The van der Waals surface area contributed by atoms with E-state index >= 15 is 0 Å². The molecule has 2 N–H and O–H groups in total. The number of hydrogen-bond acceptors (Lipinski definition) is 4. The molecule has 0 bridgehead atoms. The topological polar surface area (TPSA) is 64.9 Å². The molecule has 0 saturated heterocycles. The van der Waals surface area contributed by atoms with Gasteiger partial charge in [-0.15, -0.1) is 0 Å². The van der Waals surface area contributed by atoms with Crippen molar-refractivity contribution in [2.24, 2.45) is 5.73 Å². The maximum Gasteiger partial charge on any atom is 0.227 e. The smallest absolute Gasteiger partial charge is 0.227 e. The molecule has 0 fully saturated rings. The first-order valence-electron chi connectivity index (χ1n) is 9.95. The van der Waals surface area contributed by atoms with Crippen molar-refractivity contribution in [3.05, 3.63) is 35.7 Å². The Kier molecular flexibility index (Phi) is 9.27. The molecule has 0 aliphatic heterocycles. The van der Waals surface area contributed by atoms with Gasteiger partial charge >= 0.3 is 0 Å². The number of hydrogen-bond donors (Lipinski definition) is 1. The summed E-state index contributed by atoms with van der Waals surface area (Å²) in [6.45, 7) is 2.91. The second-order valence-corrected chi connectivity index (χ2v) is 6.83. The first kappa shape index (κ1) is 19.6. The van der Waals surface area contributed by atoms with Crippen molar-refractivity contribution in [1.82, 2.24) is 10.1 Å². The van der Waals surface area contributed by atoms with Crippen LogP contribution in [-0.4, -0.2) is 16.7 Å². The van der Waals surface area contributed by atoms with Crippen molar-refractivity contribution in [3.8, 4) is 11.4 Å². The fourth-order valence-electron chi connectivity index (χ4n) is 3.06. The molecule has 1 aromatic heterocycles. The monoisotopic (exact) mass is 343 g/mol. The van der Waals surface area contributed by atoms with Crippen LogP contribution in [0.5, 0.6) is 0 Å². The predicted molar refractivity (Wildman–Crippen MR) is 103 cm³/mol. The molecule has 0 aliphatic rings. The molecule has 0 saturated carbocycles. The molecule has 1 aromatic carbocycles. The van der Waals surface area contributed by atoms with Crippen molar-refractivity contribution >= 4 is 0 Å². The maximum atomic E-state index is 5.52. The summed E-state index contributed by atoms with van der Waals surface area (Å²) in [7, 11) is 0. The van der Waals surface area contributed by atoms with Crippen LogP contribution in [0.3, 0.4) is 0 Å². The SMILES string of the molecule is CCCCCCCCCCc1cccc(-c2noc(CCCN)n2)c1. The van der Waals surface area contributed by atoms with Crippen LogP contribution in [0, 0.1) is 0 Å². The van der Waals surface area contributed by atoms with E-state index in [4.69, 9.17) is 10.3 Å². The summed E-state index contributed by atoms with van der Waals surface area (Å²) in [6, 6.07) is 8.53. The minimum absolute atomic E-state index is 0.645. The fourth-order valence-corrected chi connectivity index (χ4v) is 3.06. The third kappa shape index (κ3) is 7.39. The molecule has 0 atom stereocenters. The van der Waals surface area contributed by atoms with Crippen LogP contribution in [0.15, 0.2) is 28.8 Å². The summed E-state index contributed by atoms with van der Waals surface area (Å²) in [4.78, 5) is 4.47. The molecule has 4 heteroatoms. The fraction of sp³-hybridized carbons (Fsp3) is 0.619. The number of rotatable bonds is 13. The number of nitrogens with zero attached hydrogens (tertiary/aromatic N) is 2. The Hall–Kier alpha value is -1.68. The average Bonchev–Trinajstić information content (AvgIpc) is 3.11. The van der Waals surface area contributed by atoms with Crippen LogP contribution in [0.4, 0.5) is 0 Å². The maximum absolute atomic E-state index is 5.52. The van der Waals surface area contributed by atoms with Gasteiger partial charge in [-0.05, 0) is 37.4 Å². The molecule has 138 valence electrons. The van der Waals surface area contributed by atoms with E-state index in [9.17, 15) is 0 Å². The highest BCUT2D eigenvalue weighted by atomic mass is 16.5. The van der Waals surface area contributed by atoms with Gasteiger partial charge in [-0.3, -0.25) is 0 Å². The van der Waals surface area contributed by atoms with Gasteiger partial charge in [0, 0.05) is 12.0 Å². The molecule has 0 spiro atoms. The minimum Gasteiger partial charge on any atom is -0.339 e. The summed E-state index contributed by atoms with van der Waals surface area (Å²) < 4.78 is 5.30. The molecule has 1 heterocycles. The van der Waals surface area contributed by atoms with Gasteiger partial charge in [-0.1, -0.05) is 75.2 Å². The quantitative estimate of drug-likeness (QED) is 0.500. The van der Waals surface area contributed by atoms with E-state index in [1.165, 1.54) is 56.9 Å². The van der Waals surface area contributed by atoms with Crippen LogP contribution in [0.2, 0.25) is 0 Å². The molecule has 4 nitrogen and oxygen atoms in total. The zero-order chi connectivity index (χ0) is 17.7. The number of aryl methyl sites for hydroxylation is 2. The van der Waals surface area contributed by atoms with Crippen LogP contribution in [0.25, 0.3) is 11.4 Å². The van der Waals surface area contributed by atoms with Crippen molar-refractivity contribution in [2.45, 2.75) is 77.6 Å². The van der Waals surface area contributed by atoms with Gasteiger partial charge in [-0.25, -0.2) is 0 Å². The lowest BCUT2D eigenvalue weighted by Gasteiger charge is -2.04. The lowest BCUT2D eigenvalue weighted by atomic mass is 10.0. The minimum atomic E-state index is 0.645. The molecule has 25 heavy (non-hydrogen) atoms. The molecule has 2 rings (SSSR count). The predicted octanol–water partition coefficient (Wildman–Crippen LogP) is 5.31. The number of nitrogens with two attached hydrogens (primary N) is 1. The Morgan fingerprint density at radius 1 is 0.920 bits per heavy atom. The van der Waals surface area contributed by atoms with Crippen LogP contribution >= 0.6 is 0 Å². The molecule has 2 aromatic rings. The molecular formula is C21H33N3O. The van der Waals surface area contributed by atoms with Gasteiger partial charge in [0.25, 0.3) is 0 Å². The standard InChI is InChI=1S/C21H33N3O/c1-2-3-4-5-6-7-8-9-12-18-13-10-14-19(17-18)21-23-20(25-24-21)15-11-16-22/h10,13-14,17H,2-9,11-12,15-16,22H2,1H3. The highest BCUT2D eigenvalue weighted by Crippen LogP contribution is 2.19. The van der Waals surface area contributed by atoms with Crippen molar-refractivity contribution in [1.29, 1.82) is 0 Å². The van der Waals surface area contributed by atoms with E-state index in [1.54, 1.807) is 0 Å². The van der Waals surface area contributed by atoms with Crippen molar-refractivity contribution in [2.75, 3.05) is 6.54 Å².